The third-order valence-corrected chi connectivity index (χ3v) is 2.64. The molecule has 4 heteroatoms. The number of anilines is 1. The highest BCUT2D eigenvalue weighted by Crippen LogP contribution is 2.23. The topological polar surface area (TPSA) is 60.2 Å². The molecule has 0 aliphatic heterocycles. The molecule has 3 N–H and O–H groups in total. The normalized spacial score (nSPS) is 10.4. The van der Waals surface area contributed by atoms with Crippen molar-refractivity contribution in [2.24, 2.45) is 5.84 Å². The van der Waals surface area contributed by atoms with Gasteiger partial charge in [-0.05, 0) is 29.7 Å². The number of nitrogens with one attached hydrogen (secondary N) is 1. The van der Waals surface area contributed by atoms with Crippen LogP contribution >= 0.6 is 0 Å². The Morgan fingerprint density at radius 1 is 1.11 bits per heavy atom. The van der Waals surface area contributed by atoms with Crippen LogP contribution in [0, 0.1) is 0 Å². The molecule has 1 aromatic heterocycles. The molecule has 0 spiro atoms. The van der Waals surface area contributed by atoms with Gasteiger partial charge in [0.25, 0.3) is 0 Å². The number of nitrogens with two attached hydrogens (primary N) is 1. The van der Waals surface area contributed by atoms with Crippen LogP contribution in [-0.4, -0.2) is 4.98 Å². The van der Waals surface area contributed by atoms with Crippen molar-refractivity contribution in [2.75, 3.05) is 5.43 Å². The Kier molecular flexibility index (Phi) is 3.79. The maximum atomic E-state index is 5.65. The summed E-state index contributed by atoms with van der Waals surface area (Å²) in [4.78, 5) is 4.19. The number of hydrogen-bond donors (Lipinski definition) is 2. The summed E-state index contributed by atoms with van der Waals surface area (Å²) in [5.74, 6) is 7.67. The Labute approximate surface area is 107 Å². The third-order valence-electron chi connectivity index (χ3n) is 2.64. The fourth-order valence-corrected chi connectivity index (χ4v) is 1.59. The predicted molar refractivity (Wildman–Crippen MR) is 72.7 cm³/mol. The molecule has 0 radical (unpaired) electrons. The van der Waals surface area contributed by atoms with Crippen molar-refractivity contribution in [3.8, 4) is 11.6 Å². The molecule has 0 aliphatic carbocycles. The molecule has 0 bridgehead atoms. The molecule has 18 heavy (non-hydrogen) atoms. The number of ether oxygens (including phenoxy) is 1. The largest absolute Gasteiger partial charge is 0.439 e. The first-order valence-corrected chi connectivity index (χ1v) is 5.90. The van der Waals surface area contributed by atoms with Crippen molar-refractivity contribution in [3.63, 3.8) is 0 Å². The molecule has 2 rings (SSSR count). The number of rotatable bonds is 4. The zero-order chi connectivity index (χ0) is 13.0. The highest BCUT2D eigenvalue weighted by Gasteiger charge is 2.02. The summed E-state index contributed by atoms with van der Waals surface area (Å²) in [5, 5.41) is 0. The first-order valence-electron chi connectivity index (χ1n) is 5.90. The van der Waals surface area contributed by atoms with Crippen LogP contribution in [0.2, 0.25) is 0 Å². The van der Waals surface area contributed by atoms with Crippen molar-refractivity contribution in [1.29, 1.82) is 0 Å². The summed E-state index contributed by atoms with van der Waals surface area (Å²) >= 11 is 0. The molecular formula is C14H17N3O. The van der Waals surface area contributed by atoms with Gasteiger partial charge in [-0.3, -0.25) is 0 Å². The van der Waals surface area contributed by atoms with Gasteiger partial charge in [0, 0.05) is 6.07 Å². The van der Waals surface area contributed by atoms with E-state index in [2.05, 4.69) is 36.4 Å². The summed E-state index contributed by atoms with van der Waals surface area (Å²) in [6.07, 6.45) is 0. The summed E-state index contributed by atoms with van der Waals surface area (Å²) in [6, 6.07) is 13.4. The molecule has 2 aromatic rings. The van der Waals surface area contributed by atoms with E-state index in [1.54, 1.807) is 12.1 Å². The van der Waals surface area contributed by atoms with Crippen LogP contribution in [-0.2, 0) is 0 Å². The summed E-state index contributed by atoms with van der Waals surface area (Å²) in [6.45, 7) is 4.32. The second-order valence-corrected chi connectivity index (χ2v) is 4.33. The average Bonchev–Trinajstić information content (AvgIpc) is 2.39. The Morgan fingerprint density at radius 3 is 2.44 bits per heavy atom. The van der Waals surface area contributed by atoms with E-state index in [0.717, 1.165) is 5.75 Å². The molecule has 0 saturated heterocycles. The van der Waals surface area contributed by atoms with Crippen LogP contribution in [0.5, 0.6) is 11.6 Å². The van der Waals surface area contributed by atoms with Crippen LogP contribution in [0.25, 0.3) is 0 Å². The number of hydrazine groups is 1. The molecule has 4 nitrogen and oxygen atoms in total. The van der Waals surface area contributed by atoms with Crippen LogP contribution in [0.4, 0.5) is 5.82 Å². The zero-order valence-corrected chi connectivity index (χ0v) is 10.6. The molecule has 0 unspecified atom stereocenters. The minimum Gasteiger partial charge on any atom is -0.439 e. The highest BCUT2D eigenvalue weighted by molar-refractivity contribution is 5.37. The number of benzene rings is 1. The maximum absolute atomic E-state index is 5.65. The third kappa shape index (κ3) is 2.99. The smallest absolute Gasteiger partial charge is 0.221 e. The minimum atomic E-state index is 0.516. The van der Waals surface area contributed by atoms with Gasteiger partial charge in [-0.25, -0.2) is 5.84 Å². The maximum Gasteiger partial charge on any atom is 0.221 e. The van der Waals surface area contributed by atoms with Gasteiger partial charge in [0.15, 0.2) is 0 Å². The van der Waals surface area contributed by atoms with Gasteiger partial charge in [-0.15, -0.1) is 0 Å². The molecule has 1 aromatic carbocycles. The number of pyridine rings is 1. The lowest BCUT2D eigenvalue weighted by Crippen LogP contribution is -2.08. The molecule has 0 saturated carbocycles. The van der Waals surface area contributed by atoms with E-state index in [4.69, 9.17) is 10.6 Å². The fraction of sp³-hybridized carbons (Fsp3) is 0.214. The van der Waals surface area contributed by atoms with Gasteiger partial charge in [0.2, 0.25) is 5.88 Å². The van der Waals surface area contributed by atoms with Crippen LogP contribution in [0.1, 0.15) is 25.3 Å². The molecule has 94 valence electrons. The van der Waals surface area contributed by atoms with Gasteiger partial charge >= 0.3 is 0 Å². The van der Waals surface area contributed by atoms with Crippen LogP contribution in [0.15, 0.2) is 42.5 Å². The highest BCUT2D eigenvalue weighted by atomic mass is 16.5. The van der Waals surface area contributed by atoms with Crippen molar-refractivity contribution in [3.05, 3.63) is 48.0 Å². The monoisotopic (exact) mass is 243 g/mol. The fourth-order valence-electron chi connectivity index (χ4n) is 1.59. The van der Waals surface area contributed by atoms with Crippen molar-refractivity contribution >= 4 is 5.82 Å². The first-order chi connectivity index (χ1) is 8.69. The van der Waals surface area contributed by atoms with E-state index in [1.165, 1.54) is 5.56 Å². The zero-order valence-electron chi connectivity index (χ0n) is 10.6. The Hall–Kier alpha value is -2.07. The van der Waals surface area contributed by atoms with E-state index < -0.39 is 0 Å². The molecule has 0 fully saturated rings. The standard InChI is InChI=1S/C14H17N3O/c1-10(2)11-6-8-12(9-7-11)18-14-5-3-4-13(16-14)17-15/h3-10H,15H2,1-2H3,(H,16,17). The quantitative estimate of drug-likeness (QED) is 0.639. The van der Waals surface area contributed by atoms with Gasteiger partial charge in [0.05, 0.1) is 0 Å². The van der Waals surface area contributed by atoms with Gasteiger partial charge in [-0.2, -0.15) is 4.98 Å². The molecule has 1 heterocycles. The van der Waals surface area contributed by atoms with Crippen molar-refractivity contribution in [2.45, 2.75) is 19.8 Å². The lowest BCUT2D eigenvalue weighted by Gasteiger charge is -2.08. The van der Waals surface area contributed by atoms with E-state index in [-0.39, 0.29) is 0 Å². The van der Waals surface area contributed by atoms with Crippen LogP contribution in [0.3, 0.4) is 0 Å². The van der Waals surface area contributed by atoms with Crippen molar-refractivity contribution in [1.82, 2.24) is 4.98 Å². The molecule has 0 atom stereocenters. The average molecular weight is 243 g/mol. The number of aromatic nitrogens is 1. The summed E-state index contributed by atoms with van der Waals surface area (Å²) < 4.78 is 5.65. The minimum absolute atomic E-state index is 0.516. The van der Waals surface area contributed by atoms with Gasteiger partial charge < -0.3 is 10.2 Å². The van der Waals surface area contributed by atoms with E-state index in [9.17, 15) is 0 Å². The van der Waals surface area contributed by atoms with Crippen LogP contribution < -0.4 is 16.0 Å². The molecular weight excluding hydrogens is 226 g/mol. The molecule has 0 aliphatic rings. The van der Waals surface area contributed by atoms with E-state index >= 15 is 0 Å². The SMILES string of the molecule is CC(C)c1ccc(Oc2cccc(NN)n2)cc1. The molecule has 0 amide bonds. The number of hydrogen-bond acceptors (Lipinski definition) is 4. The Morgan fingerprint density at radius 2 is 1.83 bits per heavy atom. The number of nitrogen functional groups attached to an aromatic ring is 1. The second-order valence-electron chi connectivity index (χ2n) is 4.33. The van der Waals surface area contributed by atoms with E-state index in [1.807, 2.05) is 18.2 Å². The Bertz CT molecular complexity index is 509. The second kappa shape index (κ2) is 5.51. The lowest BCUT2D eigenvalue weighted by atomic mass is 10.0. The predicted octanol–water partition coefficient (Wildman–Crippen LogP) is 3.28. The Balaban J connectivity index is 2.13. The summed E-state index contributed by atoms with van der Waals surface area (Å²) in [7, 11) is 0. The van der Waals surface area contributed by atoms with Gasteiger partial charge in [-0.1, -0.05) is 32.0 Å². The lowest BCUT2D eigenvalue weighted by molar-refractivity contribution is 0.463. The van der Waals surface area contributed by atoms with Crippen molar-refractivity contribution < 1.29 is 4.74 Å². The first kappa shape index (κ1) is 12.4. The van der Waals surface area contributed by atoms with Gasteiger partial charge in [0.1, 0.15) is 11.6 Å². The van der Waals surface area contributed by atoms with E-state index in [0.29, 0.717) is 17.6 Å². The number of nitrogens with zero attached hydrogens (tertiary/aromatic N) is 1. The summed E-state index contributed by atoms with van der Waals surface area (Å²) in [5.41, 5.74) is 3.77.